The number of nitrogens with zero attached hydrogens (tertiary/aromatic N) is 1. The molecule has 4 amide bonds. The quantitative estimate of drug-likeness (QED) is 0.414. The number of imide groups is 2. The lowest BCUT2D eigenvalue weighted by atomic mass is 10.0. The first-order valence-corrected chi connectivity index (χ1v) is 10.8. The number of amides is 4. The molecule has 8 heteroatoms. The van der Waals surface area contributed by atoms with Gasteiger partial charge in [-0.3, -0.25) is 14.9 Å². The fourth-order valence-corrected chi connectivity index (χ4v) is 3.62. The number of benzene rings is 3. The fourth-order valence-electron chi connectivity index (χ4n) is 3.62. The molecule has 1 fully saturated rings. The molecule has 4 rings (SSSR count). The van der Waals surface area contributed by atoms with Crippen molar-refractivity contribution >= 4 is 29.6 Å². The second-order valence-corrected chi connectivity index (χ2v) is 8.07. The maximum atomic E-state index is 13.3. The Kier molecular flexibility index (Phi) is 6.64. The summed E-state index contributed by atoms with van der Waals surface area (Å²) in [5, 5.41) is 2.24. The number of barbiturate groups is 1. The summed E-state index contributed by atoms with van der Waals surface area (Å²) >= 11 is 0. The van der Waals surface area contributed by atoms with Crippen LogP contribution in [0, 0.1) is 19.7 Å². The topological polar surface area (TPSA) is 84.9 Å². The van der Waals surface area contributed by atoms with Gasteiger partial charge in [-0.05, 0) is 66.9 Å². The van der Waals surface area contributed by atoms with Crippen molar-refractivity contribution in [3.63, 3.8) is 0 Å². The molecule has 7 nitrogen and oxygen atoms in total. The SMILES string of the molecule is COc1ccc(/C=C2\C(=O)NC(=O)N(c3cc(C)ccc3C)C2=O)c(OCc2ccc(F)cc2)c1. The Labute approximate surface area is 201 Å². The Morgan fingerprint density at radius 3 is 2.43 bits per heavy atom. The first kappa shape index (κ1) is 23.7. The van der Waals surface area contributed by atoms with E-state index in [4.69, 9.17) is 9.47 Å². The Morgan fingerprint density at radius 1 is 0.971 bits per heavy atom. The molecule has 0 aliphatic carbocycles. The summed E-state index contributed by atoms with van der Waals surface area (Å²) < 4.78 is 24.4. The minimum absolute atomic E-state index is 0.122. The molecule has 0 aromatic heterocycles. The molecule has 0 atom stereocenters. The number of anilines is 1. The van der Waals surface area contributed by atoms with E-state index in [0.717, 1.165) is 16.0 Å². The van der Waals surface area contributed by atoms with Gasteiger partial charge in [0, 0.05) is 11.6 Å². The van der Waals surface area contributed by atoms with Crippen LogP contribution >= 0.6 is 0 Å². The smallest absolute Gasteiger partial charge is 0.335 e. The Morgan fingerprint density at radius 2 is 1.71 bits per heavy atom. The molecule has 35 heavy (non-hydrogen) atoms. The molecule has 0 bridgehead atoms. The van der Waals surface area contributed by atoms with Crippen LogP contribution in [0.2, 0.25) is 0 Å². The summed E-state index contributed by atoms with van der Waals surface area (Å²) in [6, 6.07) is 15.4. The van der Waals surface area contributed by atoms with Crippen LogP contribution in [0.3, 0.4) is 0 Å². The van der Waals surface area contributed by atoms with Gasteiger partial charge >= 0.3 is 6.03 Å². The minimum Gasteiger partial charge on any atom is -0.497 e. The number of hydrogen-bond acceptors (Lipinski definition) is 5. The van der Waals surface area contributed by atoms with Gasteiger partial charge in [-0.25, -0.2) is 14.1 Å². The number of hydrogen-bond donors (Lipinski definition) is 1. The number of methoxy groups -OCH3 is 1. The number of nitrogens with one attached hydrogen (secondary N) is 1. The molecule has 1 N–H and O–H groups in total. The zero-order valence-electron chi connectivity index (χ0n) is 19.4. The molecule has 1 aliphatic heterocycles. The maximum Gasteiger partial charge on any atom is 0.335 e. The molecule has 3 aromatic carbocycles. The van der Waals surface area contributed by atoms with Crippen LogP contribution in [0.15, 0.2) is 66.2 Å². The van der Waals surface area contributed by atoms with Gasteiger partial charge in [-0.2, -0.15) is 0 Å². The Hall–Kier alpha value is -4.46. The minimum atomic E-state index is -0.812. The van der Waals surface area contributed by atoms with E-state index < -0.39 is 17.8 Å². The highest BCUT2D eigenvalue weighted by Crippen LogP contribution is 2.30. The summed E-state index contributed by atoms with van der Waals surface area (Å²) in [6.07, 6.45) is 1.38. The van der Waals surface area contributed by atoms with Gasteiger partial charge in [0.1, 0.15) is 29.5 Å². The normalized spacial score (nSPS) is 14.8. The van der Waals surface area contributed by atoms with Gasteiger partial charge in [0.2, 0.25) is 0 Å². The number of carbonyl (C=O) groups excluding carboxylic acids is 3. The van der Waals surface area contributed by atoms with Gasteiger partial charge in [0.15, 0.2) is 0 Å². The van der Waals surface area contributed by atoms with E-state index in [1.165, 1.54) is 25.3 Å². The molecule has 0 radical (unpaired) electrons. The number of aryl methyl sites for hydroxylation is 2. The van der Waals surface area contributed by atoms with E-state index >= 15 is 0 Å². The largest absolute Gasteiger partial charge is 0.497 e. The average Bonchev–Trinajstić information content (AvgIpc) is 2.83. The highest BCUT2D eigenvalue weighted by atomic mass is 19.1. The predicted molar refractivity (Wildman–Crippen MR) is 129 cm³/mol. The van der Waals surface area contributed by atoms with Crippen molar-refractivity contribution < 1.29 is 28.2 Å². The zero-order chi connectivity index (χ0) is 25.1. The van der Waals surface area contributed by atoms with Crippen LogP contribution in [0.5, 0.6) is 11.5 Å². The highest BCUT2D eigenvalue weighted by Gasteiger charge is 2.37. The maximum absolute atomic E-state index is 13.3. The third-order valence-electron chi connectivity index (χ3n) is 5.54. The van der Waals surface area contributed by atoms with Crippen LogP contribution < -0.4 is 19.7 Å². The number of ether oxygens (including phenoxy) is 2. The van der Waals surface area contributed by atoms with Gasteiger partial charge < -0.3 is 9.47 Å². The average molecular weight is 474 g/mol. The number of carbonyl (C=O) groups is 3. The van der Waals surface area contributed by atoms with E-state index in [-0.39, 0.29) is 18.0 Å². The van der Waals surface area contributed by atoms with Gasteiger partial charge in [-0.15, -0.1) is 0 Å². The second-order valence-electron chi connectivity index (χ2n) is 8.07. The molecule has 0 spiro atoms. The van der Waals surface area contributed by atoms with Crippen molar-refractivity contribution in [1.29, 1.82) is 0 Å². The van der Waals surface area contributed by atoms with Crippen LogP contribution in [0.1, 0.15) is 22.3 Å². The molecular weight excluding hydrogens is 451 g/mol. The van der Waals surface area contributed by atoms with Gasteiger partial charge in [0.05, 0.1) is 12.8 Å². The monoisotopic (exact) mass is 474 g/mol. The van der Waals surface area contributed by atoms with E-state index in [1.54, 1.807) is 49.4 Å². The fraction of sp³-hybridized carbons (Fsp3) is 0.148. The Bertz CT molecular complexity index is 1350. The Balaban J connectivity index is 1.70. The summed E-state index contributed by atoms with van der Waals surface area (Å²) in [5.74, 6) is -1.05. The second kappa shape index (κ2) is 9.80. The molecule has 1 aliphatic rings. The van der Waals surface area contributed by atoms with Crippen LogP contribution in [-0.4, -0.2) is 25.0 Å². The summed E-state index contributed by atoms with van der Waals surface area (Å²) in [5.41, 5.74) is 2.91. The lowest BCUT2D eigenvalue weighted by Gasteiger charge is -2.28. The predicted octanol–water partition coefficient (Wildman–Crippen LogP) is 4.70. The van der Waals surface area contributed by atoms with Crippen molar-refractivity contribution in [2.24, 2.45) is 0 Å². The van der Waals surface area contributed by atoms with Crippen molar-refractivity contribution in [3.05, 3.63) is 94.3 Å². The van der Waals surface area contributed by atoms with E-state index in [9.17, 15) is 18.8 Å². The van der Waals surface area contributed by atoms with Crippen molar-refractivity contribution in [3.8, 4) is 11.5 Å². The third-order valence-corrected chi connectivity index (χ3v) is 5.54. The molecule has 0 saturated carbocycles. The lowest BCUT2D eigenvalue weighted by molar-refractivity contribution is -0.122. The van der Waals surface area contributed by atoms with Crippen LogP contribution in [0.4, 0.5) is 14.9 Å². The number of urea groups is 1. The molecule has 1 heterocycles. The van der Waals surface area contributed by atoms with Gasteiger partial charge in [0.25, 0.3) is 11.8 Å². The highest BCUT2D eigenvalue weighted by molar-refractivity contribution is 6.39. The molecule has 3 aromatic rings. The van der Waals surface area contributed by atoms with Crippen LogP contribution in [-0.2, 0) is 16.2 Å². The first-order valence-electron chi connectivity index (χ1n) is 10.8. The summed E-state index contributed by atoms with van der Waals surface area (Å²) in [6.45, 7) is 3.75. The van der Waals surface area contributed by atoms with Crippen molar-refractivity contribution in [1.82, 2.24) is 5.32 Å². The molecular formula is C27H23FN2O5. The zero-order valence-corrected chi connectivity index (χ0v) is 19.4. The number of halogens is 1. The lowest BCUT2D eigenvalue weighted by Crippen LogP contribution is -2.54. The van der Waals surface area contributed by atoms with Gasteiger partial charge in [-0.1, -0.05) is 24.3 Å². The van der Waals surface area contributed by atoms with E-state index in [2.05, 4.69) is 5.32 Å². The standard InChI is InChI=1S/C27H23FN2O5/c1-16-4-5-17(2)23(12-16)30-26(32)22(25(31)29-27(30)33)13-19-8-11-21(34-3)14-24(19)35-15-18-6-9-20(28)10-7-18/h4-14H,15H2,1-3H3,(H,29,31,33)/b22-13+. The van der Waals surface area contributed by atoms with E-state index in [0.29, 0.717) is 28.3 Å². The van der Waals surface area contributed by atoms with Crippen molar-refractivity contribution in [2.75, 3.05) is 12.0 Å². The van der Waals surface area contributed by atoms with Crippen LogP contribution in [0.25, 0.3) is 6.08 Å². The molecule has 1 saturated heterocycles. The van der Waals surface area contributed by atoms with Crippen molar-refractivity contribution in [2.45, 2.75) is 20.5 Å². The number of rotatable bonds is 6. The molecule has 178 valence electrons. The molecule has 0 unspecified atom stereocenters. The summed E-state index contributed by atoms with van der Waals surface area (Å²) in [4.78, 5) is 39.5. The van der Waals surface area contributed by atoms with E-state index in [1.807, 2.05) is 13.0 Å². The third kappa shape index (κ3) is 5.06. The first-order chi connectivity index (χ1) is 16.8. The summed E-state index contributed by atoms with van der Waals surface area (Å²) in [7, 11) is 1.50.